The lowest BCUT2D eigenvalue weighted by Gasteiger charge is -2.39. The van der Waals surface area contributed by atoms with Gasteiger partial charge in [0.2, 0.25) is 5.91 Å². The number of benzene rings is 3. The SMILES string of the molecule is COCCCOc1cc(COC2CN(C(=O)CCCCCON(O)O)CCC2c2ccc(OCCCOCc3ccccc3OC)cc2)cc(OC)c1. The van der Waals surface area contributed by atoms with E-state index in [2.05, 4.69) is 17.0 Å². The number of carbonyl (C=O) groups is 1. The molecule has 0 spiro atoms. The average molecular weight is 741 g/mol. The van der Waals surface area contributed by atoms with E-state index in [1.54, 1.807) is 21.3 Å². The van der Waals surface area contributed by atoms with Gasteiger partial charge in [-0.2, -0.15) is 0 Å². The summed E-state index contributed by atoms with van der Waals surface area (Å²) in [7, 11) is 4.95. The van der Waals surface area contributed by atoms with E-state index in [0.717, 1.165) is 53.9 Å². The Morgan fingerprint density at radius 3 is 2.28 bits per heavy atom. The van der Waals surface area contributed by atoms with Gasteiger partial charge >= 0.3 is 0 Å². The number of rotatable bonds is 25. The van der Waals surface area contributed by atoms with Gasteiger partial charge in [-0.3, -0.25) is 20.0 Å². The van der Waals surface area contributed by atoms with Gasteiger partial charge in [-0.1, -0.05) is 36.8 Å². The molecule has 0 aliphatic carbocycles. The van der Waals surface area contributed by atoms with Crippen molar-refractivity contribution in [2.45, 2.75) is 70.2 Å². The van der Waals surface area contributed by atoms with Crippen LogP contribution in [0.5, 0.6) is 23.0 Å². The quantitative estimate of drug-likeness (QED) is 0.0717. The Morgan fingerprint density at radius 2 is 1.53 bits per heavy atom. The fraction of sp³-hybridized carbons (Fsp3) is 0.525. The van der Waals surface area contributed by atoms with Gasteiger partial charge in [0.25, 0.3) is 0 Å². The molecule has 1 aliphatic rings. The number of hydrogen-bond acceptors (Lipinski definition) is 12. The molecule has 0 bridgehead atoms. The van der Waals surface area contributed by atoms with Crippen LogP contribution < -0.4 is 18.9 Å². The van der Waals surface area contributed by atoms with Crippen LogP contribution in [-0.4, -0.2) is 100 Å². The fourth-order valence-electron chi connectivity index (χ4n) is 6.23. The molecule has 1 amide bonds. The van der Waals surface area contributed by atoms with Gasteiger partial charge < -0.3 is 38.1 Å². The third kappa shape index (κ3) is 14.8. The predicted octanol–water partition coefficient (Wildman–Crippen LogP) is 6.58. The van der Waals surface area contributed by atoms with E-state index in [1.165, 1.54) is 0 Å². The summed E-state index contributed by atoms with van der Waals surface area (Å²) in [5.74, 6) is 3.14. The highest BCUT2D eigenvalue weighted by Gasteiger charge is 2.33. The van der Waals surface area contributed by atoms with Gasteiger partial charge in [-0.25, -0.2) is 0 Å². The Kier molecular flexibility index (Phi) is 18.7. The summed E-state index contributed by atoms with van der Waals surface area (Å²) in [6.07, 6.45) is 4.44. The number of likely N-dealkylation sites (tertiary alicyclic amines) is 1. The Labute approximate surface area is 313 Å². The molecule has 0 aromatic heterocycles. The van der Waals surface area contributed by atoms with E-state index < -0.39 is 0 Å². The van der Waals surface area contributed by atoms with Crippen LogP contribution in [0.2, 0.25) is 0 Å². The average Bonchev–Trinajstić information content (AvgIpc) is 3.18. The highest BCUT2D eigenvalue weighted by atomic mass is 17.1. The zero-order valence-corrected chi connectivity index (χ0v) is 31.3. The molecule has 53 heavy (non-hydrogen) atoms. The molecule has 13 nitrogen and oxygen atoms in total. The second-order valence-corrected chi connectivity index (χ2v) is 12.8. The summed E-state index contributed by atoms with van der Waals surface area (Å²) >= 11 is 0. The first-order valence-corrected chi connectivity index (χ1v) is 18.3. The van der Waals surface area contributed by atoms with Crippen LogP contribution in [0.3, 0.4) is 0 Å². The number of nitrogens with zero attached hydrogens (tertiary/aromatic N) is 2. The fourth-order valence-corrected chi connectivity index (χ4v) is 6.23. The standard InChI is InChI=1S/C40H56N2O11/c1-46-20-9-22-51-36-26-31(25-35(27-36)47-2)29-52-39-28-41(40(43)13-5-4-8-24-53-42(44)45)19-18-37(39)32-14-16-34(17-15-32)50-23-10-21-49-30-33-11-6-7-12-38(33)48-3/h6-7,11-12,14-17,25-27,37,39,44-45H,4-5,8-10,13,18-24,28-30H2,1-3H3. The third-order valence-electron chi connectivity index (χ3n) is 9.01. The van der Waals surface area contributed by atoms with E-state index in [-0.39, 0.29) is 29.9 Å². The monoisotopic (exact) mass is 740 g/mol. The number of ether oxygens (including phenoxy) is 7. The second kappa shape index (κ2) is 23.7. The second-order valence-electron chi connectivity index (χ2n) is 12.8. The lowest BCUT2D eigenvalue weighted by molar-refractivity contribution is -0.492. The highest BCUT2D eigenvalue weighted by molar-refractivity contribution is 5.76. The molecular formula is C40H56N2O11. The molecule has 4 rings (SSSR count). The summed E-state index contributed by atoms with van der Waals surface area (Å²) in [6, 6.07) is 21.8. The molecule has 1 aliphatic heterocycles. The smallest absolute Gasteiger partial charge is 0.222 e. The summed E-state index contributed by atoms with van der Waals surface area (Å²) in [5, 5.41) is 17.1. The number of para-hydroxylation sites is 1. The Balaban J connectivity index is 1.34. The van der Waals surface area contributed by atoms with Crippen LogP contribution in [0.1, 0.15) is 67.6 Å². The molecule has 3 aromatic rings. The van der Waals surface area contributed by atoms with Gasteiger partial charge in [0.15, 0.2) is 0 Å². The first-order valence-electron chi connectivity index (χ1n) is 18.3. The van der Waals surface area contributed by atoms with Gasteiger partial charge in [0.1, 0.15) is 23.0 Å². The minimum absolute atomic E-state index is 0.0731. The maximum absolute atomic E-state index is 13.3. The largest absolute Gasteiger partial charge is 0.497 e. The van der Waals surface area contributed by atoms with Gasteiger partial charge in [-0.05, 0) is 60.7 Å². The maximum Gasteiger partial charge on any atom is 0.222 e. The van der Waals surface area contributed by atoms with Crippen molar-refractivity contribution < 1.29 is 53.2 Å². The van der Waals surface area contributed by atoms with Crippen molar-refractivity contribution in [1.82, 2.24) is 10.3 Å². The van der Waals surface area contributed by atoms with Crippen molar-refractivity contribution in [3.8, 4) is 23.0 Å². The predicted molar refractivity (Wildman–Crippen MR) is 197 cm³/mol. The van der Waals surface area contributed by atoms with E-state index in [4.69, 9.17) is 43.6 Å². The van der Waals surface area contributed by atoms with E-state index >= 15 is 0 Å². The highest BCUT2D eigenvalue weighted by Crippen LogP contribution is 2.33. The lowest BCUT2D eigenvalue weighted by atomic mass is 9.86. The first kappa shape index (κ1) is 41.8. The van der Waals surface area contributed by atoms with Gasteiger partial charge in [0.05, 0.1) is 65.4 Å². The van der Waals surface area contributed by atoms with E-state index in [9.17, 15) is 4.79 Å². The zero-order chi connectivity index (χ0) is 37.7. The van der Waals surface area contributed by atoms with Crippen LogP contribution in [0.25, 0.3) is 0 Å². The number of amides is 1. The molecule has 2 atom stereocenters. The van der Waals surface area contributed by atoms with Crippen molar-refractivity contribution >= 4 is 5.91 Å². The Bertz CT molecular complexity index is 1470. The van der Waals surface area contributed by atoms with Crippen LogP contribution in [0.15, 0.2) is 66.7 Å². The minimum Gasteiger partial charge on any atom is -0.497 e. The van der Waals surface area contributed by atoms with Crippen LogP contribution in [0.4, 0.5) is 0 Å². The van der Waals surface area contributed by atoms with Gasteiger partial charge in [-0.15, -0.1) is 0 Å². The molecule has 1 saturated heterocycles. The molecule has 2 N–H and O–H groups in total. The zero-order valence-electron chi connectivity index (χ0n) is 31.3. The molecule has 0 radical (unpaired) electrons. The van der Waals surface area contributed by atoms with Crippen molar-refractivity contribution in [2.75, 3.05) is 67.5 Å². The maximum atomic E-state index is 13.3. The number of piperidine rings is 1. The van der Waals surface area contributed by atoms with Crippen LogP contribution in [-0.2, 0) is 37.1 Å². The first-order chi connectivity index (χ1) is 25.9. The molecule has 13 heteroatoms. The molecule has 292 valence electrons. The van der Waals surface area contributed by atoms with E-state index in [1.807, 2.05) is 59.5 Å². The molecule has 1 fully saturated rings. The number of methoxy groups -OCH3 is 3. The van der Waals surface area contributed by atoms with Crippen LogP contribution >= 0.6 is 0 Å². The summed E-state index contributed by atoms with van der Waals surface area (Å²) in [6.45, 7) is 4.31. The number of carbonyl (C=O) groups excluding carboxylic acids is 1. The third-order valence-corrected chi connectivity index (χ3v) is 9.01. The molecular weight excluding hydrogens is 684 g/mol. The normalized spacial score (nSPS) is 15.8. The number of unbranched alkanes of at least 4 members (excludes halogenated alkanes) is 2. The molecule has 3 aromatic carbocycles. The summed E-state index contributed by atoms with van der Waals surface area (Å²) in [5.41, 5.74) is 3.06. The summed E-state index contributed by atoms with van der Waals surface area (Å²) in [4.78, 5) is 19.8. The molecule has 0 saturated carbocycles. The lowest BCUT2D eigenvalue weighted by Crippen LogP contribution is -2.46. The van der Waals surface area contributed by atoms with Gasteiger partial charge in [0, 0.05) is 63.6 Å². The van der Waals surface area contributed by atoms with Crippen molar-refractivity contribution in [3.05, 3.63) is 83.4 Å². The summed E-state index contributed by atoms with van der Waals surface area (Å²) < 4.78 is 40.5. The van der Waals surface area contributed by atoms with Crippen LogP contribution in [0, 0.1) is 0 Å². The minimum atomic E-state index is -0.290. The van der Waals surface area contributed by atoms with Crippen molar-refractivity contribution in [3.63, 3.8) is 0 Å². The van der Waals surface area contributed by atoms with Crippen molar-refractivity contribution in [2.24, 2.45) is 0 Å². The Morgan fingerprint density at radius 1 is 0.774 bits per heavy atom. The van der Waals surface area contributed by atoms with E-state index in [0.29, 0.717) is 83.5 Å². The Hall–Kier alpha value is -3.95. The van der Waals surface area contributed by atoms with Crippen molar-refractivity contribution in [1.29, 1.82) is 0 Å². The number of hydrogen-bond donors (Lipinski definition) is 2. The topological polar surface area (TPSA) is 138 Å². The molecule has 2 unspecified atom stereocenters. The molecule has 1 heterocycles.